The summed E-state index contributed by atoms with van der Waals surface area (Å²) in [5, 5.41) is 3.14. The van der Waals surface area contributed by atoms with Crippen molar-refractivity contribution in [3.05, 3.63) is 45.4 Å². The van der Waals surface area contributed by atoms with Gasteiger partial charge in [-0.15, -0.1) is 22.9 Å². The number of aryl methyl sites for hydroxylation is 4. The lowest BCUT2D eigenvalue weighted by molar-refractivity contribution is 0.620. The van der Waals surface area contributed by atoms with Crippen molar-refractivity contribution in [1.82, 2.24) is 14.5 Å². The van der Waals surface area contributed by atoms with Crippen LogP contribution in [0.1, 0.15) is 22.1 Å². The van der Waals surface area contributed by atoms with Gasteiger partial charge in [0.15, 0.2) is 0 Å². The number of imidazole rings is 1. The highest BCUT2D eigenvalue weighted by atomic mass is 35.5. The third-order valence-electron chi connectivity index (χ3n) is 3.44. The van der Waals surface area contributed by atoms with Crippen LogP contribution in [0, 0.1) is 19.7 Å². The maximum atomic E-state index is 13.7. The van der Waals surface area contributed by atoms with Crippen LogP contribution in [0.25, 0.3) is 11.0 Å². The summed E-state index contributed by atoms with van der Waals surface area (Å²) in [6.07, 6.45) is 0.824. The predicted molar refractivity (Wildman–Crippen MR) is 84.5 cm³/mol. The van der Waals surface area contributed by atoms with Crippen LogP contribution in [0.2, 0.25) is 0 Å². The lowest BCUT2D eigenvalue weighted by Crippen LogP contribution is -2.05. The topological polar surface area (TPSA) is 30.7 Å². The van der Waals surface area contributed by atoms with E-state index in [0.717, 1.165) is 35.0 Å². The molecule has 0 saturated carbocycles. The normalized spacial score (nSPS) is 11.4. The Kier molecular flexibility index (Phi) is 3.95. The van der Waals surface area contributed by atoms with Gasteiger partial charge in [-0.25, -0.2) is 14.4 Å². The molecule has 1 aromatic carbocycles. The first-order valence-corrected chi connectivity index (χ1v) is 8.12. The highest BCUT2D eigenvalue weighted by molar-refractivity contribution is 7.09. The van der Waals surface area contributed by atoms with Crippen molar-refractivity contribution in [3.63, 3.8) is 0 Å². The molecule has 0 saturated heterocycles. The van der Waals surface area contributed by atoms with Crippen LogP contribution < -0.4 is 0 Å². The summed E-state index contributed by atoms with van der Waals surface area (Å²) in [4.78, 5) is 8.89. The zero-order valence-corrected chi connectivity index (χ0v) is 13.4. The molecule has 3 rings (SSSR count). The molecule has 0 fully saturated rings. The van der Waals surface area contributed by atoms with E-state index in [1.807, 2.05) is 18.4 Å². The predicted octanol–water partition coefficient (Wildman–Crippen LogP) is 4.23. The van der Waals surface area contributed by atoms with E-state index in [-0.39, 0.29) is 5.82 Å². The number of alkyl halides is 1. The summed E-state index contributed by atoms with van der Waals surface area (Å²) >= 11 is 7.64. The summed E-state index contributed by atoms with van der Waals surface area (Å²) < 4.78 is 15.7. The van der Waals surface area contributed by atoms with E-state index in [0.29, 0.717) is 17.0 Å². The molecule has 0 atom stereocenters. The second-order valence-corrected chi connectivity index (χ2v) is 6.25. The molecule has 0 N–H and O–H groups in total. The number of benzene rings is 1. The molecular weight excluding hydrogens is 309 g/mol. The number of rotatable bonds is 4. The SMILES string of the molecule is Cc1csc(CCn2c(CCl)nc3cc(F)c(C)cc32)n1. The molecule has 0 radical (unpaired) electrons. The van der Waals surface area contributed by atoms with Crippen molar-refractivity contribution >= 4 is 34.0 Å². The number of fused-ring (bicyclic) bond motifs is 1. The summed E-state index contributed by atoms with van der Waals surface area (Å²) in [5.74, 6) is 0.848. The lowest BCUT2D eigenvalue weighted by Gasteiger charge is -2.07. The van der Waals surface area contributed by atoms with Gasteiger partial charge < -0.3 is 4.57 Å². The molecule has 0 bridgehead atoms. The van der Waals surface area contributed by atoms with Gasteiger partial charge in [0.25, 0.3) is 0 Å². The summed E-state index contributed by atoms with van der Waals surface area (Å²) in [6, 6.07) is 3.31. The molecule has 3 nitrogen and oxygen atoms in total. The van der Waals surface area contributed by atoms with Crippen LogP contribution in [0.4, 0.5) is 4.39 Å². The maximum absolute atomic E-state index is 13.7. The molecule has 0 spiro atoms. The van der Waals surface area contributed by atoms with Crippen LogP contribution >= 0.6 is 22.9 Å². The Morgan fingerprint density at radius 2 is 2.10 bits per heavy atom. The van der Waals surface area contributed by atoms with Gasteiger partial charge in [-0.1, -0.05) is 0 Å². The van der Waals surface area contributed by atoms with Gasteiger partial charge in [-0.2, -0.15) is 0 Å². The molecule has 21 heavy (non-hydrogen) atoms. The third-order valence-corrected chi connectivity index (χ3v) is 4.71. The first-order valence-electron chi connectivity index (χ1n) is 6.70. The molecule has 0 aliphatic rings. The van der Waals surface area contributed by atoms with Gasteiger partial charge >= 0.3 is 0 Å². The summed E-state index contributed by atoms with van der Waals surface area (Å²) in [5.41, 5.74) is 3.25. The van der Waals surface area contributed by atoms with Crippen LogP contribution in [-0.4, -0.2) is 14.5 Å². The number of aromatic nitrogens is 3. The van der Waals surface area contributed by atoms with Crippen molar-refractivity contribution < 1.29 is 4.39 Å². The molecule has 0 unspecified atom stereocenters. The van der Waals surface area contributed by atoms with E-state index in [1.54, 1.807) is 18.3 Å². The van der Waals surface area contributed by atoms with Crippen molar-refractivity contribution in [1.29, 1.82) is 0 Å². The highest BCUT2D eigenvalue weighted by Gasteiger charge is 2.13. The largest absolute Gasteiger partial charge is 0.327 e. The minimum atomic E-state index is -0.233. The Morgan fingerprint density at radius 1 is 1.29 bits per heavy atom. The average molecular weight is 324 g/mol. The minimum absolute atomic E-state index is 0.233. The summed E-state index contributed by atoms with van der Waals surface area (Å²) in [6.45, 7) is 4.50. The molecule has 2 aromatic heterocycles. The van der Waals surface area contributed by atoms with Gasteiger partial charge in [0.05, 0.1) is 21.9 Å². The van der Waals surface area contributed by atoms with Crippen molar-refractivity contribution in [2.24, 2.45) is 0 Å². The highest BCUT2D eigenvalue weighted by Crippen LogP contribution is 2.22. The lowest BCUT2D eigenvalue weighted by atomic mass is 10.2. The molecule has 6 heteroatoms. The summed E-state index contributed by atoms with van der Waals surface area (Å²) in [7, 11) is 0. The zero-order valence-electron chi connectivity index (χ0n) is 11.9. The minimum Gasteiger partial charge on any atom is -0.327 e. The van der Waals surface area contributed by atoms with Gasteiger partial charge in [-0.3, -0.25) is 0 Å². The monoisotopic (exact) mass is 323 g/mol. The van der Waals surface area contributed by atoms with Crippen LogP contribution in [0.3, 0.4) is 0 Å². The number of nitrogens with zero attached hydrogens (tertiary/aromatic N) is 3. The molecule has 3 aromatic rings. The zero-order chi connectivity index (χ0) is 15.0. The van der Waals surface area contributed by atoms with E-state index < -0.39 is 0 Å². The smallest absolute Gasteiger partial charge is 0.128 e. The fourth-order valence-electron chi connectivity index (χ4n) is 2.38. The number of halogens is 2. The molecule has 0 aliphatic heterocycles. The van der Waals surface area contributed by atoms with Crippen LogP contribution in [-0.2, 0) is 18.8 Å². The van der Waals surface area contributed by atoms with Gasteiger partial charge in [0.1, 0.15) is 11.6 Å². The van der Waals surface area contributed by atoms with E-state index in [2.05, 4.69) is 14.5 Å². The maximum Gasteiger partial charge on any atom is 0.128 e. The number of hydrogen-bond acceptors (Lipinski definition) is 3. The van der Waals surface area contributed by atoms with Crippen molar-refractivity contribution in [2.75, 3.05) is 0 Å². The van der Waals surface area contributed by atoms with E-state index in [1.165, 1.54) is 6.07 Å². The Bertz CT molecular complexity index is 794. The Morgan fingerprint density at radius 3 is 2.76 bits per heavy atom. The number of hydrogen-bond donors (Lipinski definition) is 0. The Labute approximate surface area is 131 Å². The number of thiazole rings is 1. The van der Waals surface area contributed by atoms with Crippen LogP contribution in [0.5, 0.6) is 0 Å². The third kappa shape index (κ3) is 2.80. The van der Waals surface area contributed by atoms with Crippen molar-refractivity contribution in [2.45, 2.75) is 32.7 Å². The fourth-order valence-corrected chi connectivity index (χ4v) is 3.35. The standard InChI is InChI=1S/C15H15ClFN3S/c1-9-5-13-12(6-11(9)17)19-14(7-16)20(13)4-3-15-18-10(2)8-21-15/h5-6,8H,3-4,7H2,1-2H3. The molecule has 110 valence electrons. The second kappa shape index (κ2) is 5.73. The Balaban J connectivity index is 1.97. The van der Waals surface area contributed by atoms with Gasteiger partial charge in [0.2, 0.25) is 0 Å². The van der Waals surface area contributed by atoms with E-state index >= 15 is 0 Å². The van der Waals surface area contributed by atoms with Gasteiger partial charge in [0, 0.05) is 30.1 Å². The fraction of sp³-hybridized carbons (Fsp3) is 0.333. The second-order valence-electron chi connectivity index (χ2n) is 5.04. The van der Waals surface area contributed by atoms with Gasteiger partial charge in [-0.05, 0) is 25.5 Å². The quantitative estimate of drug-likeness (QED) is 0.673. The Hall–Kier alpha value is -1.46. The molecular formula is C15H15ClFN3S. The molecule has 0 aliphatic carbocycles. The van der Waals surface area contributed by atoms with Crippen molar-refractivity contribution in [3.8, 4) is 0 Å². The first kappa shape index (κ1) is 14.5. The van der Waals surface area contributed by atoms with E-state index in [4.69, 9.17) is 11.6 Å². The molecule has 0 amide bonds. The van der Waals surface area contributed by atoms with Crippen LogP contribution in [0.15, 0.2) is 17.5 Å². The average Bonchev–Trinajstić information content (AvgIpc) is 3.01. The molecule has 2 heterocycles. The van der Waals surface area contributed by atoms with E-state index in [9.17, 15) is 4.39 Å². The first-order chi connectivity index (χ1) is 10.1.